The van der Waals surface area contributed by atoms with Crippen molar-refractivity contribution in [3.05, 3.63) is 23.2 Å². The number of nitrogens with one attached hydrogen (secondary N) is 1. The third-order valence-electron chi connectivity index (χ3n) is 2.34. The van der Waals surface area contributed by atoms with Crippen molar-refractivity contribution < 1.29 is 13.5 Å². The number of anilines is 1. The molecule has 0 saturated heterocycles. The van der Waals surface area contributed by atoms with Crippen LogP contribution in [0, 0.1) is 5.41 Å². The first-order valence-electron chi connectivity index (χ1n) is 5.58. The van der Waals surface area contributed by atoms with E-state index in [0.717, 1.165) is 0 Å². The van der Waals surface area contributed by atoms with E-state index >= 15 is 0 Å². The molecule has 18 heavy (non-hydrogen) atoms. The third kappa shape index (κ3) is 5.14. The zero-order chi connectivity index (χ0) is 14.0. The first kappa shape index (κ1) is 15.1. The van der Waals surface area contributed by atoms with Gasteiger partial charge in [-0.15, -0.1) is 0 Å². The Morgan fingerprint density at radius 1 is 1.33 bits per heavy atom. The van der Waals surface area contributed by atoms with Crippen LogP contribution in [0.4, 0.5) is 5.69 Å². The highest BCUT2D eigenvalue weighted by Gasteiger charge is 2.17. The molecule has 0 unspecified atom stereocenters. The number of phenolic OH excluding ortho intramolecular Hbond substituents is 1. The quantitative estimate of drug-likeness (QED) is 0.895. The smallest absolute Gasteiger partial charge is 0.232 e. The van der Waals surface area contributed by atoms with Gasteiger partial charge in [-0.05, 0) is 24.0 Å². The molecular weight excluding hydrogens is 274 g/mol. The predicted octanol–water partition coefficient (Wildman–Crippen LogP) is 3.22. The van der Waals surface area contributed by atoms with Crippen molar-refractivity contribution in [2.45, 2.75) is 27.2 Å². The summed E-state index contributed by atoms with van der Waals surface area (Å²) < 4.78 is 26.0. The van der Waals surface area contributed by atoms with Gasteiger partial charge in [-0.1, -0.05) is 32.4 Å². The Morgan fingerprint density at radius 3 is 2.44 bits per heavy atom. The standard InChI is InChI=1S/C12H18ClNO3S/c1-12(2,3)6-7-18(16,17)14-9-4-5-10(13)11(15)8-9/h4-5,8,14-15H,6-7H2,1-3H3. The zero-order valence-electron chi connectivity index (χ0n) is 10.7. The van der Waals surface area contributed by atoms with Crippen LogP contribution in [0.15, 0.2) is 18.2 Å². The number of sulfonamides is 1. The molecule has 1 aromatic carbocycles. The minimum atomic E-state index is -3.40. The van der Waals surface area contributed by atoms with E-state index in [0.29, 0.717) is 12.1 Å². The van der Waals surface area contributed by atoms with Crippen molar-refractivity contribution in [3.63, 3.8) is 0 Å². The van der Waals surface area contributed by atoms with Crippen molar-refractivity contribution in [1.82, 2.24) is 0 Å². The number of phenols is 1. The maximum Gasteiger partial charge on any atom is 0.232 e. The largest absolute Gasteiger partial charge is 0.506 e. The summed E-state index contributed by atoms with van der Waals surface area (Å²) in [6.45, 7) is 5.95. The summed E-state index contributed by atoms with van der Waals surface area (Å²) in [5.41, 5.74) is 0.266. The van der Waals surface area contributed by atoms with E-state index in [2.05, 4.69) is 4.72 Å². The van der Waals surface area contributed by atoms with Gasteiger partial charge in [0, 0.05) is 6.07 Å². The van der Waals surface area contributed by atoms with Crippen molar-refractivity contribution in [3.8, 4) is 5.75 Å². The van der Waals surface area contributed by atoms with Gasteiger partial charge in [0.25, 0.3) is 0 Å². The van der Waals surface area contributed by atoms with E-state index in [1.54, 1.807) is 0 Å². The lowest BCUT2D eigenvalue weighted by molar-refractivity contribution is 0.397. The Morgan fingerprint density at radius 2 is 1.94 bits per heavy atom. The summed E-state index contributed by atoms with van der Waals surface area (Å²) in [4.78, 5) is 0. The van der Waals surface area contributed by atoms with Crippen LogP contribution in [-0.2, 0) is 10.0 Å². The summed E-state index contributed by atoms with van der Waals surface area (Å²) in [5.74, 6) is -0.104. The monoisotopic (exact) mass is 291 g/mol. The van der Waals surface area contributed by atoms with E-state index in [4.69, 9.17) is 11.6 Å². The first-order valence-corrected chi connectivity index (χ1v) is 7.61. The Balaban J connectivity index is 2.74. The van der Waals surface area contributed by atoms with Crippen LogP contribution >= 0.6 is 11.6 Å². The highest BCUT2D eigenvalue weighted by atomic mass is 35.5. The molecule has 102 valence electrons. The molecule has 0 spiro atoms. The molecule has 4 nitrogen and oxygen atoms in total. The molecule has 0 aromatic heterocycles. The van der Waals surface area contributed by atoms with E-state index < -0.39 is 10.0 Å². The van der Waals surface area contributed by atoms with Crippen molar-refractivity contribution in [2.24, 2.45) is 5.41 Å². The average molecular weight is 292 g/mol. The number of halogens is 1. The van der Waals surface area contributed by atoms with Crippen LogP contribution in [0.2, 0.25) is 5.02 Å². The molecule has 0 radical (unpaired) electrons. The molecule has 0 fully saturated rings. The number of hydrogen-bond donors (Lipinski definition) is 2. The van der Waals surface area contributed by atoms with Gasteiger partial charge in [0.2, 0.25) is 10.0 Å². The number of hydrogen-bond acceptors (Lipinski definition) is 3. The molecule has 1 rings (SSSR count). The molecule has 0 bridgehead atoms. The molecule has 0 heterocycles. The van der Waals surface area contributed by atoms with Crippen LogP contribution in [0.5, 0.6) is 5.75 Å². The van der Waals surface area contributed by atoms with Gasteiger partial charge in [-0.2, -0.15) is 0 Å². The lowest BCUT2D eigenvalue weighted by atomic mass is 9.94. The molecular formula is C12H18ClNO3S. The SMILES string of the molecule is CC(C)(C)CCS(=O)(=O)Nc1ccc(Cl)c(O)c1. The summed E-state index contributed by atoms with van der Waals surface area (Å²) in [6.07, 6.45) is 0.557. The second-order valence-corrected chi connectivity index (χ2v) is 7.65. The second-order valence-electron chi connectivity index (χ2n) is 5.40. The number of rotatable bonds is 4. The Bertz CT molecular complexity index is 521. The minimum absolute atomic E-state index is 0.0416. The molecule has 6 heteroatoms. The topological polar surface area (TPSA) is 66.4 Å². The van der Waals surface area contributed by atoms with Gasteiger partial charge >= 0.3 is 0 Å². The maximum absolute atomic E-state index is 11.8. The second kappa shape index (κ2) is 5.36. The van der Waals surface area contributed by atoms with E-state index in [-0.39, 0.29) is 21.9 Å². The maximum atomic E-state index is 11.8. The lowest BCUT2D eigenvalue weighted by Gasteiger charge is -2.18. The fourth-order valence-electron chi connectivity index (χ4n) is 1.25. The van der Waals surface area contributed by atoms with Gasteiger partial charge in [-0.3, -0.25) is 4.72 Å². The Labute approximate surface area is 113 Å². The fourth-order valence-corrected chi connectivity index (χ4v) is 2.83. The van der Waals surface area contributed by atoms with Gasteiger partial charge < -0.3 is 5.11 Å². The van der Waals surface area contributed by atoms with E-state index in [1.165, 1.54) is 18.2 Å². The molecule has 2 N–H and O–H groups in total. The molecule has 0 aliphatic carbocycles. The average Bonchev–Trinajstić information content (AvgIpc) is 2.20. The first-order chi connectivity index (χ1) is 8.09. The van der Waals surface area contributed by atoms with Crippen molar-refractivity contribution in [1.29, 1.82) is 0 Å². The lowest BCUT2D eigenvalue weighted by Crippen LogP contribution is -2.20. The normalized spacial score (nSPS) is 12.4. The molecule has 0 aliphatic heterocycles. The van der Waals surface area contributed by atoms with E-state index in [9.17, 15) is 13.5 Å². The zero-order valence-corrected chi connectivity index (χ0v) is 12.3. The molecule has 0 aliphatic rings. The third-order valence-corrected chi connectivity index (χ3v) is 3.95. The summed E-state index contributed by atoms with van der Waals surface area (Å²) in [6, 6.07) is 4.24. The molecule has 0 amide bonds. The molecule has 0 saturated carbocycles. The van der Waals surface area contributed by atoms with Crippen LogP contribution in [0.1, 0.15) is 27.2 Å². The number of benzene rings is 1. The molecule has 1 aromatic rings. The summed E-state index contributed by atoms with van der Waals surface area (Å²) in [5, 5.41) is 9.58. The van der Waals surface area contributed by atoms with Gasteiger partial charge in [0.1, 0.15) is 5.75 Å². The van der Waals surface area contributed by atoms with Crippen molar-refractivity contribution in [2.75, 3.05) is 10.5 Å². The molecule has 0 atom stereocenters. The van der Waals surface area contributed by atoms with E-state index in [1.807, 2.05) is 20.8 Å². The highest BCUT2D eigenvalue weighted by molar-refractivity contribution is 7.92. The van der Waals surface area contributed by atoms with Crippen LogP contribution in [0.3, 0.4) is 0 Å². The van der Waals surface area contributed by atoms with Gasteiger partial charge in [-0.25, -0.2) is 8.42 Å². The van der Waals surface area contributed by atoms with Gasteiger partial charge in [0.05, 0.1) is 16.5 Å². The minimum Gasteiger partial charge on any atom is -0.506 e. The highest BCUT2D eigenvalue weighted by Crippen LogP contribution is 2.27. The summed E-state index contributed by atoms with van der Waals surface area (Å²) >= 11 is 5.65. The Hall–Kier alpha value is -0.940. The summed E-state index contributed by atoms with van der Waals surface area (Å²) in [7, 11) is -3.40. The number of aromatic hydroxyl groups is 1. The van der Waals surface area contributed by atoms with Crippen LogP contribution < -0.4 is 4.72 Å². The van der Waals surface area contributed by atoms with Crippen LogP contribution in [0.25, 0.3) is 0 Å². The van der Waals surface area contributed by atoms with Crippen molar-refractivity contribution >= 4 is 27.3 Å². The fraction of sp³-hybridized carbons (Fsp3) is 0.500. The predicted molar refractivity (Wildman–Crippen MR) is 74.6 cm³/mol. The van der Waals surface area contributed by atoms with Gasteiger partial charge in [0.15, 0.2) is 0 Å². The Kier molecular flexibility index (Phi) is 4.50. The van der Waals surface area contributed by atoms with Crippen LogP contribution in [-0.4, -0.2) is 19.3 Å².